The maximum Gasteiger partial charge on any atom is 0.162 e. The molecule has 4 nitrogen and oxygen atoms in total. The molecule has 2 heterocycles. The first kappa shape index (κ1) is 6.54. The van der Waals surface area contributed by atoms with Crippen LogP contribution in [0.25, 0.3) is 0 Å². The number of aliphatic hydroxyl groups is 2. The molecule has 3 atom stereocenters. The fourth-order valence-electron chi connectivity index (χ4n) is 1.47. The second kappa shape index (κ2) is 1.92. The van der Waals surface area contributed by atoms with Crippen molar-refractivity contribution in [1.29, 1.82) is 0 Å². The van der Waals surface area contributed by atoms with E-state index in [1.807, 2.05) is 0 Å². The molecule has 2 aliphatic heterocycles. The van der Waals surface area contributed by atoms with Crippen molar-refractivity contribution in [1.82, 2.24) is 0 Å². The van der Waals surface area contributed by atoms with Crippen molar-refractivity contribution in [3.63, 3.8) is 0 Å². The van der Waals surface area contributed by atoms with Crippen molar-refractivity contribution in [3.8, 4) is 0 Å². The molecule has 0 aromatic heterocycles. The Bertz CT molecular complexity index is 149. The summed E-state index contributed by atoms with van der Waals surface area (Å²) in [6, 6.07) is 0. The monoisotopic (exact) mass is 146 g/mol. The topological polar surface area (TPSA) is 58.9 Å². The molecule has 4 heteroatoms. The van der Waals surface area contributed by atoms with E-state index in [-0.39, 0.29) is 19.1 Å². The molecule has 0 radical (unpaired) electrons. The molecular weight excluding hydrogens is 136 g/mol. The third-order valence-electron chi connectivity index (χ3n) is 2.19. The first-order valence-corrected chi connectivity index (χ1v) is 3.32. The second-order valence-corrected chi connectivity index (χ2v) is 2.93. The summed E-state index contributed by atoms with van der Waals surface area (Å²) in [5, 5.41) is 18.7. The average molecular weight is 146 g/mol. The molecule has 0 aliphatic carbocycles. The highest BCUT2D eigenvalue weighted by Gasteiger charge is 2.52. The minimum atomic E-state index is -0.917. The Labute approximate surface area is 58.4 Å². The molecule has 2 N–H and O–H groups in total. The Kier molecular flexibility index (Phi) is 1.25. The summed E-state index contributed by atoms with van der Waals surface area (Å²) >= 11 is 0. The average Bonchev–Trinajstić information content (AvgIpc) is 2.35. The molecule has 2 fully saturated rings. The predicted octanol–water partition coefficient (Wildman–Crippen LogP) is -1.29. The van der Waals surface area contributed by atoms with Gasteiger partial charge in [0.05, 0.1) is 25.7 Å². The zero-order chi connectivity index (χ0) is 7.19. The van der Waals surface area contributed by atoms with Crippen molar-refractivity contribution >= 4 is 0 Å². The van der Waals surface area contributed by atoms with E-state index >= 15 is 0 Å². The van der Waals surface area contributed by atoms with Crippen LogP contribution >= 0.6 is 0 Å². The lowest BCUT2D eigenvalue weighted by molar-refractivity contribution is -0.0927. The van der Waals surface area contributed by atoms with Crippen molar-refractivity contribution in [2.45, 2.75) is 11.9 Å². The number of aliphatic hydroxyl groups excluding tert-OH is 1. The van der Waals surface area contributed by atoms with Gasteiger partial charge in [-0.05, 0) is 0 Å². The van der Waals surface area contributed by atoms with Crippen LogP contribution in [-0.2, 0) is 9.47 Å². The summed E-state index contributed by atoms with van der Waals surface area (Å²) in [6.07, 6.45) is -0.840. The van der Waals surface area contributed by atoms with Crippen molar-refractivity contribution < 1.29 is 19.7 Å². The van der Waals surface area contributed by atoms with Gasteiger partial charge in [-0.1, -0.05) is 0 Å². The molecule has 0 aromatic carbocycles. The predicted molar refractivity (Wildman–Crippen MR) is 31.2 cm³/mol. The summed E-state index contributed by atoms with van der Waals surface area (Å²) < 4.78 is 9.84. The summed E-state index contributed by atoms with van der Waals surface area (Å²) in [5.74, 6) is -0.243. The molecule has 0 aromatic rings. The van der Waals surface area contributed by atoms with Crippen molar-refractivity contribution in [2.24, 2.45) is 5.92 Å². The van der Waals surface area contributed by atoms with E-state index in [1.165, 1.54) is 0 Å². The highest BCUT2D eigenvalue weighted by atomic mass is 16.6. The maximum atomic E-state index is 9.59. The SMILES string of the molecule is OC1OCC2(O)COCC12. The van der Waals surface area contributed by atoms with Gasteiger partial charge in [0, 0.05) is 0 Å². The molecule has 2 saturated heterocycles. The van der Waals surface area contributed by atoms with E-state index in [4.69, 9.17) is 14.6 Å². The molecule has 0 saturated carbocycles. The van der Waals surface area contributed by atoms with E-state index < -0.39 is 11.9 Å². The Hall–Kier alpha value is -0.160. The van der Waals surface area contributed by atoms with Crippen LogP contribution in [0.3, 0.4) is 0 Å². The zero-order valence-electron chi connectivity index (χ0n) is 5.49. The second-order valence-electron chi connectivity index (χ2n) is 2.93. The van der Waals surface area contributed by atoms with E-state index in [0.717, 1.165) is 0 Å². The van der Waals surface area contributed by atoms with E-state index in [9.17, 15) is 5.11 Å². The summed E-state index contributed by atoms with van der Waals surface area (Å²) in [4.78, 5) is 0. The van der Waals surface area contributed by atoms with Gasteiger partial charge in [0.2, 0.25) is 0 Å². The summed E-state index contributed by atoms with van der Waals surface area (Å²) in [7, 11) is 0. The van der Waals surface area contributed by atoms with Crippen molar-refractivity contribution in [3.05, 3.63) is 0 Å². The van der Waals surface area contributed by atoms with E-state index in [1.54, 1.807) is 0 Å². The Morgan fingerprint density at radius 2 is 2.20 bits per heavy atom. The highest BCUT2D eigenvalue weighted by Crippen LogP contribution is 2.34. The van der Waals surface area contributed by atoms with Gasteiger partial charge in [-0.2, -0.15) is 0 Å². The minimum Gasteiger partial charge on any atom is -0.384 e. The number of hydrogen-bond acceptors (Lipinski definition) is 4. The van der Waals surface area contributed by atoms with Crippen LogP contribution in [-0.4, -0.2) is 41.9 Å². The summed E-state index contributed by atoms with van der Waals surface area (Å²) in [6.45, 7) is 0.880. The minimum absolute atomic E-state index is 0.193. The lowest BCUT2D eigenvalue weighted by atomic mass is 9.94. The normalized spacial score (nSPS) is 53.4. The molecular formula is C6H10O4. The molecule has 2 aliphatic rings. The van der Waals surface area contributed by atoms with E-state index in [0.29, 0.717) is 6.61 Å². The van der Waals surface area contributed by atoms with Gasteiger partial charge in [0.1, 0.15) is 5.60 Å². The van der Waals surface area contributed by atoms with Gasteiger partial charge in [-0.25, -0.2) is 0 Å². The smallest absolute Gasteiger partial charge is 0.162 e. The third kappa shape index (κ3) is 0.703. The van der Waals surface area contributed by atoms with Crippen LogP contribution in [0.5, 0.6) is 0 Å². The Morgan fingerprint density at radius 3 is 2.90 bits per heavy atom. The van der Waals surface area contributed by atoms with Gasteiger partial charge in [0.25, 0.3) is 0 Å². The van der Waals surface area contributed by atoms with Crippen LogP contribution in [0.4, 0.5) is 0 Å². The summed E-state index contributed by atoms with van der Waals surface area (Å²) in [5.41, 5.74) is -0.917. The van der Waals surface area contributed by atoms with E-state index in [2.05, 4.69) is 0 Å². The van der Waals surface area contributed by atoms with Crippen LogP contribution < -0.4 is 0 Å². The molecule has 3 unspecified atom stereocenters. The third-order valence-corrected chi connectivity index (χ3v) is 2.19. The first-order chi connectivity index (χ1) is 4.72. The zero-order valence-corrected chi connectivity index (χ0v) is 5.49. The largest absolute Gasteiger partial charge is 0.384 e. The lowest BCUT2D eigenvalue weighted by Gasteiger charge is -2.16. The van der Waals surface area contributed by atoms with Gasteiger partial charge in [0.15, 0.2) is 6.29 Å². The number of fused-ring (bicyclic) bond motifs is 1. The van der Waals surface area contributed by atoms with Crippen LogP contribution in [0.2, 0.25) is 0 Å². The fraction of sp³-hybridized carbons (Fsp3) is 1.00. The number of ether oxygens (including phenoxy) is 2. The molecule has 2 rings (SSSR count). The number of rotatable bonds is 0. The van der Waals surface area contributed by atoms with Crippen LogP contribution in [0.15, 0.2) is 0 Å². The lowest BCUT2D eigenvalue weighted by Crippen LogP contribution is -2.37. The van der Waals surface area contributed by atoms with Gasteiger partial charge >= 0.3 is 0 Å². The maximum absolute atomic E-state index is 9.59. The molecule has 58 valence electrons. The van der Waals surface area contributed by atoms with Crippen LogP contribution in [0.1, 0.15) is 0 Å². The molecule has 10 heavy (non-hydrogen) atoms. The number of hydrogen-bond donors (Lipinski definition) is 2. The molecule has 0 spiro atoms. The van der Waals surface area contributed by atoms with Gasteiger partial charge in [-0.3, -0.25) is 0 Å². The first-order valence-electron chi connectivity index (χ1n) is 3.32. The fourth-order valence-corrected chi connectivity index (χ4v) is 1.47. The molecule has 0 bridgehead atoms. The van der Waals surface area contributed by atoms with Gasteiger partial charge in [-0.15, -0.1) is 0 Å². The Morgan fingerprint density at radius 1 is 1.40 bits per heavy atom. The highest BCUT2D eigenvalue weighted by molar-refractivity contribution is 4.96. The Balaban J connectivity index is 2.19. The standard InChI is InChI=1S/C6H10O4/c7-5-4-1-9-2-6(4,8)3-10-5/h4-5,7-8H,1-3H2. The quantitative estimate of drug-likeness (QED) is 0.446. The van der Waals surface area contributed by atoms with Crippen LogP contribution in [0, 0.1) is 5.92 Å². The van der Waals surface area contributed by atoms with Gasteiger partial charge < -0.3 is 19.7 Å². The molecule has 0 amide bonds. The van der Waals surface area contributed by atoms with Crippen molar-refractivity contribution in [2.75, 3.05) is 19.8 Å².